The standard InChI is InChI=1S/C25H22Cl3N3O3/c1-3-33-20-13-21(34-4-2)29-14-19(20)24-30-22(15-5-9-17(26)10-6-15)23(31(24)25(28)32)16-7-11-18(27)12-8-16/h5-14,22-23H,3-4H2,1-2H3. The summed E-state index contributed by atoms with van der Waals surface area (Å²) < 4.78 is 11.4. The van der Waals surface area contributed by atoms with E-state index in [2.05, 4.69) is 4.98 Å². The van der Waals surface area contributed by atoms with Gasteiger partial charge >= 0.3 is 5.37 Å². The molecule has 2 atom stereocenters. The summed E-state index contributed by atoms with van der Waals surface area (Å²) in [5, 5.41) is 0.518. The molecule has 0 N–H and O–H groups in total. The average Bonchev–Trinajstić information content (AvgIpc) is 3.21. The molecule has 0 radical (unpaired) electrons. The number of rotatable bonds is 7. The fraction of sp³-hybridized carbons (Fsp3) is 0.240. The zero-order valence-electron chi connectivity index (χ0n) is 18.5. The Morgan fingerprint density at radius 3 is 2.09 bits per heavy atom. The Hall–Kier alpha value is -2.80. The number of aliphatic imine (C=N–C) groups is 1. The molecule has 0 saturated carbocycles. The van der Waals surface area contributed by atoms with Gasteiger partial charge in [-0.15, -0.1) is 0 Å². The van der Waals surface area contributed by atoms with Gasteiger partial charge in [-0.05, 0) is 60.8 Å². The molecule has 6 nitrogen and oxygen atoms in total. The van der Waals surface area contributed by atoms with Crippen molar-refractivity contribution in [3.05, 3.63) is 87.5 Å². The van der Waals surface area contributed by atoms with Crippen LogP contribution in [-0.2, 0) is 0 Å². The lowest BCUT2D eigenvalue weighted by Crippen LogP contribution is -2.34. The van der Waals surface area contributed by atoms with Gasteiger partial charge in [-0.1, -0.05) is 47.5 Å². The third kappa shape index (κ3) is 4.99. The number of amides is 1. The highest BCUT2D eigenvalue weighted by Gasteiger charge is 2.42. The van der Waals surface area contributed by atoms with Crippen molar-refractivity contribution in [3.63, 3.8) is 0 Å². The molecule has 1 amide bonds. The topological polar surface area (TPSA) is 64.0 Å². The van der Waals surface area contributed by atoms with Gasteiger partial charge in [0.1, 0.15) is 17.6 Å². The number of halogens is 3. The number of carbonyl (C=O) groups excluding carboxylic acids is 1. The Balaban J connectivity index is 1.89. The van der Waals surface area contributed by atoms with E-state index >= 15 is 0 Å². The van der Waals surface area contributed by atoms with Crippen LogP contribution in [0, 0.1) is 0 Å². The van der Waals surface area contributed by atoms with Crippen LogP contribution in [0.15, 0.2) is 65.8 Å². The largest absolute Gasteiger partial charge is 0.493 e. The van der Waals surface area contributed by atoms with E-state index < -0.39 is 17.5 Å². The number of ether oxygens (including phenoxy) is 2. The van der Waals surface area contributed by atoms with Crippen molar-refractivity contribution in [2.75, 3.05) is 13.2 Å². The van der Waals surface area contributed by atoms with Crippen LogP contribution >= 0.6 is 34.8 Å². The van der Waals surface area contributed by atoms with Crippen molar-refractivity contribution < 1.29 is 14.3 Å². The molecule has 9 heteroatoms. The van der Waals surface area contributed by atoms with Gasteiger partial charge in [-0.3, -0.25) is 14.7 Å². The molecular weight excluding hydrogens is 497 g/mol. The van der Waals surface area contributed by atoms with Gasteiger partial charge in [0.15, 0.2) is 0 Å². The monoisotopic (exact) mass is 517 g/mol. The molecule has 2 heterocycles. The maximum atomic E-state index is 12.8. The first-order chi connectivity index (χ1) is 16.4. The molecule has 1 aliphatic heterocycles. The van der Waals surface area contributed by atoms with E-state index in [0.717, 1.165) is 11.1 Å². The lowest BCUT2D eigenvalue weighted by molar-refractivity contribution is 0.231. The first-order valence-electron chi connectivity index (χ1n) is 10.8. The van der Waals surface area contributed by atoms with Crippen LogP contribution in [-0.4, -0.2) is 34.3 Å². The van der Waals surface area contributed by atoms with E-state index in [4.69, 9.17) is 49.3 Å². The molecule has 1 aromatic heterocycles. The van der Waals surface area contributed by atoms with Crippen LogP contribution in [0.1, 0.15) is 42.6 Å². The van der Waals surface area contributed by atoms with Crippen LogP contribution < -0.4 is 9.47 Å². The average molecular weight is 519 g/mol. The summed E-state index contributed by atoms with van der Waals surface area (Å²) in [6, 6.07) is 15.4. The minimum absolute atomic E-state index is 0.360. The zero-order valence-corrected chi connectivity index (χ0v) is 20.8. The summed E-state index contributed by atoms with van der Waals surface area (Å²) in [5.41, 5.74) is 2.24. The predicted molar refractivity (Wildman–Crippen MR) is 135 cm³/mol. The third-order valence-electron chi connectivity index (χ3n) is 5.35. The van der Waals surface area contributed by atoms with E-state index in [1.807, 2.05) is 38.1 Å². The summed E-state index contributed by atoms with van der Waals surface area (Å²) >= 11 is 18.4. The van der Waals surface area contributed by atoms with Gasteiger partial charge in [0.25, 0.3) is 0 Å². The van der Waals surface area contributed by atoms with Crippen LogP contribution in [0.5, 0.6) is 11.6 Å². The molecule has 0 bridgehead atoms. The van der Waals surface area contributed by atoms with Crippen molar-refractivity contribution >= 4 is 46.0 Å². The molecule has 0 saturated heterocycles. The Kier molecular flexibility index (Phi) is 7.61. The SMILES string of the molecule is CCOc1cc(OCC)c(C2=NC(c3ccc(Cl)cc3)C(c3ccc(Cl)cc3)N2C(=O)Cl)cn1. The van der Waals surface area contributed by atoms with Crippen molar-refractivity contribution in [2.24, 2.45) is 4.99 Å². The maximum absolute atomic E-state index is 12.8. The van der Waals surface area contributed by atoms with Gasteiger partial charge in [0.2, 0.25) is 5.88 Å². The van der Waals surface area contributed by atoms with Crippen LogP contribution in [0.3, 0.4) is 0 Å². The van der Waals surface area contributed by atoms with Crippen molar-refractivity contribution in [1.82, 2.24) is 9.88 Å². The minimum atomic E-state index is -0.675. The van der Waals surface area contributed by atoms with Gasteiger partial charge in [0.05, 0.1) is 24.8 Å². The molecule has 3 aromatic rings. The lowest BCUT2D eigenvalue weighted by Gasteiger charge is -2.28. The third-order valence-corrected chi connectivity index (χ3v) is 6.04. The van der Waals surface area contributed by atoms with Crippen LogP contribution in [0.25, 0.3) is 0 Å². The molecule has 0 fully saturated rings. The highest BCUT2D eigenvalue weighted by molar-refractivity contribution is 6.64. The van der Waals surface area contributed by atoms with Crippen LogP contribution in [0.4, 0.5) is 4.79 Å². The molecule has 4 rings (SSSR count). The number of hydrogen-bond donors (Lipinski definition) is 0. The summed E-state index contributed by atoms with van der Waals surface area (Å²) in [7, 11) is 0. The summed E-state index contributed by atoms with van der Waals surface area (Å²) in [4.78, 5) is 23.6. The van der Waals surface area contributed by atoms with Crippen LogP contribution in [0.2, 0.25) is 10.0 Å². The Bertz CT molecular complexity index is 1200. The predicted octanol–water partition coefficient (Wildman–Crippen LogP) is 7.09. The molecule has 0 aliphatic carbocycles. The lowest BCUT2D eigenvalue weighted by atomic mass is 9.94. The molecule has 0 spiro atoms. The van der Waals surface area contributed by atoms with E-state index in [9.17, 15) is 4.79 Å². The fourth-order valence-corrected chi connectivity index (χ4v) is 4.36. The first-order valence-corrected chi connectivity index (χ1v) is 11.9. The summed E-state index contributed by atoms with van der Waals surface area (Å²) in [6.07, 6.45) is 1.59. The summed E-state index contributed by atoms with van der Waals surface area (Å²) in [6.45, 7) is 4.62. The number of pyridine rings is 1. The highest BCUT2D eigenvalue weighted by Crippen LogP contribution is 2.45. The number of benzene rings is 2. The Morgan fingerprint density at radius 2 is 1.53 bits per heavy atom. The van der Waals surface area contributed by atoms with Gasteiger partial charge in [0, 0.05) is 22.3 Å². The van der Waals surface area contributed by atoms with Gasteiger partial charge in [-0.25, -0.2) is 4.98 Å². The Morgan fingerprint density at radius 1 is 0.941 bits per heavy atom. The number of carbonyl (C=O) groups is 1. The normalized spacial score (nSPS) is 17.4. The van der Waals surface area contributed by atoms with Crippen molar-refractivity contribution in [1.29, 1.82) is 0 Å². The smallest absolute Gasteiger partial charge is 0.322 e. The van der Waals surface area contributed by atoms with E-state index in [0.29, 0.717) is 46.3 Å². The highest BCUT2D eigenvalue weighted by atomic mass is 35.5. The zero-order chi connectivity index (χ0) is 24.2. The van der Waals surface area contributed by atoms with E-state index in [1.54, 1.807) is 36.5 Å². The number of nitrogens with zero attached hydrogens (tertiary/aromatic N) is 3. The van der Waals surface area contributed by atoms with Gasteiger partial charge in [-0.2, -0.15) is 0 Å². The number of amidine groups is 1. The number of aromatic nitrogens is 1. The van der Waals surface area contributed by atoms with Gasteiger partial charge < -0.3 is 9.47 Å². The van der Waals surface area contributed by atoms with E-state index in [-0.39, 0.29) is 0 Å². The fourth-order valence-electron chi connectivity index (χ4n) is 3.93. The Labute approximate surface area is 213 Å². The second-order valence-electron chi connectivity index (χ2n) is 7.45. The summed E-state index contributed by atoms with van der Waals surface area (Å²) in [5.74, 6) is 1.27. The molecule has 176 valence electrons. The molecule has 2 aromatic carbocycles. The first kappa shape index (κ1) is 24.3. The molecular formula is C25H22Cl3N3O3. The second-order valence-corrected chi connectivity index (χ2v) is 8.65. The van der Waals surface area contributed by atoms with Crippen molar-refractivity contribution in [2.45, 2.75) is 25.9 Å². The number of hydrogen-bond acceptors (Lipinski definition) is 5. The van der Waals surface area contributed by atoms with E-state index in [1.165, 1.54) is 4.90 Å². The minimum Gasteiger partial charge on any atom is -0.493 e. The second kappa shape index (κ2) is 10.6. The molecule has 34 heavy (non-hydrogen) atoms. The maximum Gasteiger partial charge on any atom is 0.322 e. The quantitative estimate of drug-likeness (QED) is 0.247. The molecule has 2 unspecified atom stereocenters. The molecule has 1 aliphatic rings. The van der Waals surface area contributed by atoms with Crippen molar-refractivity contribution in [3.8, 4) is 11.6 Å².